The van der Waals surface area contributed by atoms with Crippen LogP contribution < -0.4 is 5.73 Å². The first-order chi connectivity index (χ1) is 6.49. The van der Waals surface area contributed by atoms with Crippen molar-refractivity contribution in [1.29, 1.82) is 0 Å². The first-order valence-corrected chi connectivity index (χ1v) is 5.17. The Labute approximate surface area is 88.6 Å². The standard InChI is InChI=1S/C9H10BrF2NO/c10-8-2-1-7(14-8)6(13)3-5-4-9(5,11)12/h1-2,5-6H,3-4,13H2. The molecule has 2 nitrogen and oxygen atoms in total. The molecule has 14 heavy (non-hydrogen) atoms. The lowest BCUT2D eigenvalue weighted by Crippen LogP contribution is -2.11. The van der Waals surface area contributed by atoms with Gasteiger partial charge < -0.3 is 10.2 Å². The third-order valence-corrected chi connectivity index (χ3v) is 2.88. The summed E-state index contributed by atoms with van der Waals surface area (Å²) in [4.78, 5) is 0. The van der Waals surface area contributed by atoms with Crippen molar-refractivity contribution in [2.75, 3.05) is 0 Å². The van der Waals surface area contributed by atoms with Crippen LogP contribution in [0.25, 0.3) is 0 Å². The summed E-state index contributed by atoms with van der Waals surface area (Å²) in [6.45, 7) is 0. The Morgan fingerprint density at radius 1 is 1.64 bits per heavy atom. The van der Waals surface area contributed by atoms with Crippen molar-refractivity contribution in [3.05, 3.63) is 22.6 Å². The summed E-state index contributed by atoms with van der Waals surface area (Å²) in [7, 11) is 0. The van der Waals surface area contributed by atoms with E-state index in [9.17, 15) is 8.78 Å². The van der Waals surface area contributed by atoms with Gasteiger partial charge in [0.15, 0.2) is 4.67 Å². The van der Waals surface area contributed by atoms with Gasteiger partial charge in [0.1, 0.15) is 5.76 Å². The second-order valence-electron chi connectivity index (χ2n) is 3.65. The lowest BCUT2D eigenvalue weighted by Gasteiger charge is -2.07. The van der Waals surface area contributed by atoms with E-state index in [1.54, 1.807) is 12.1 Å². The topological polar surface area (TPSA) is 39.2 Å². The fourth-order valence-corrected chi connectivity index (χ4v) is 1.79. The molecule has 2 unspecified atom stereocenters. The molecule has 0 bridgehead atoms. The lowest BCUT2D eigenvalue weighted by molar-refractivity contribution is 0.0949. The number of halogens is 3. The number of hydrogen-bond acceptors (Lipinski definition) is 2. The molecule has 0 radical (unpaired) electrons. The summed E-state index contributed by atoms with van der Waals surface area (Å²) < 4.78 is 30.9. The molecule has 2 rings (SSSR count). The van der Waals surface area contributed by atoms with Gasteiger partial charge in [-0.3, -0.25) is 0 Å². The van der Waals surface area contributed by atoms with Gasteiger partial charge in [0.2, 0.25) is 0 Å². The van der Waals surface area contributed by atoms with E-state index in [0.29, 0.717) is 10.4 Å². The Hall–Kier alpha value is -0.420. The summed E-state index contributed by atoms with van der Waals surface area (Å²) in [6, 6.07) is 2.98. The van der Waals surface area contributed by atoms with Gasteiger partial charge >= 0.3 is 0 Å². The summed E-state index contributed by atoms with van der Waals surface area (Å²) in [6.07, 6.45) is 0.246. The van der Waals surface area contributed by atoms with Crippen molar-refractivity contribution in [2.24, 2.45) is 11.7 Å². The molecule has 0 aliphatic heterocycles. The number of nitrogens with two attached hydrogens (primary N) is 1. The average Bonchev–Trinajstić information content (AvgIpc) is 2.52. The summed E-state index contributed by atoms with van der Waals surface area (Å²) in [5.41, 5.74) is 5.72. The first-order valence-electron chi connectivity index (χ1n) is 4.37. The van der Waals surface area contributed by atoms with Crippen molar-refractivity contribution in [3.8, 4) is 0 Å². The predicted octanol–water partition coefficient (Wildman–Crippen LogP) is 3.09. The van der Waals surface area contributed by atoms with Crippen LogP contribution in [0.5, 0.6) is 0 Å². The molecular weight excluding hydrogens is 256 g/mol. The van der Waals surface area contributed by atoms with Gasteiger partial charge in [-0.15, -0.1) is 0 Å². The van der Waals surface area contributed by atoms with Crippen LogP contribution in [0, 0.1) is 5.92 Å². The van der Waals surface area contributed by atoms with Crippen LogP contribution in [0.1, 0.15) is 24.6 Å². The molecule has 2 atom stereocenters. The molecule has 0 spiro atoms. The van der Waals surface area contributed by atoms with Gasteiger partial charge in [-0.05, 0) is 34.5 Å². The fourth-order valence-electron chi connectivity index (χ4n) is 1.48. The number of hydrogen-bond donors (Lipinski definition) is 1. The van der Waals surface area contributed by atoms with E-state index >= 15 is 0 Å². The number of rotatable bonds is 3. The molecule has 5 heteroatoms. The van der Waals surface area contributed by atoms with Crippen LogP contribution in [-0.4, -0.2) is 5.92 Å². The maximum Gasteiger partial charge on any atom is 0.251 e. The van der Waals surface area contributed by atoms with E-state index < -0.39 is 17.9 Å². The molecule has 2 N–H and O–H groups in total. The minimum atomic E-state index is -2.50. The quantitative estimate of drug-likeness (QED) is 0.913. The summed E-state index contributed by atoms with van der Waals surface area (Å²) in [5.74, 6) is -2.51. The maximum absolute atomic E-state index is 12.6. The van der Waals surface area contributed by atoms with E-state index in [1.165, 1.54) is 0 Å². The Kier molecular flexibility index (Phi) is 2.39. The van der Waals surface area contributed by atoms with Gasteiger partial charge in [-0.1, -0.05) is 0 Å². The molecule has 1 aromatic heterocycles. The van der Waals surface area contributed by atoms with Crippen molar-refractivity contribution < 1.29 is 13.2 Å². The van der Waals surface area contributed by atoms with Gasteiger partial charge in [-0.2, -0.15) is 0 Å². The molecule has 0 saturated heterocycles. The van der Waals surface area contributed by atoms with E-state index in [2.05, 4.69) is 15.9 Å². The molecule has 1 aliphatic carbocycles. The largest absolute Gasteiger partial charge is 0.453 e. The molecule has 1 aliphatic rings. The second-order valence-corrected chi connectivity index (χ2v) is 4.43. The second kappa shape index (κ2) is 3.31. The Bertz CT molecular complexity index is 339. The van der Waals surface area contributed by atoms with Crippen molar-refractivity contribution in [2.45, 2.75) is 24.8 Å². The first kappa shape index (κ1) is 10.1. The van der Waals surface area contributed by atoms with E-state index in [4.69, 9.17) is 10.2 Å². The molecule has 78 valence electrons. The van der Waals surface area contributed by atoms with Crippen LogP contribution in [0.4, 0.5) is 8.78 Å². The molecule has 1 heterocycles. The highest BCUT2D eigenvalue weighted by Crippen LogP contribution is 2.52. The minimum absolute atomic E-state index is 0.0391. The zero-order valence-corrected chi connectivity index (χ0v) is 8.93. The maximum atomic E-state index is 12.6. The minimum Gasteiger partial charge on any atom is -0.453 e. The monoisotopic (exact) mass is 265 g/mol. The van der Waals surface area contributed by atoms with Crippen LogP contribution in [0.2, 0.25) is 0 Å². The summed E-state index contributed by atoms with van der Waals surface area (Å²) >= 11 is 3.13. The van der Waals surface area contributed by atoms with Gasteiger partial charge in [0.05, 0.1) is 6.04 Å². The van der Waals surface area contributed by atoms with E-state index in [0.717, 1.165) is 0 Å². The van der Waals surface area contributed by atoms with E-state index in [-0.39, 0.29) is 12.8 Å². The highest BCUT2D eigenvalue weighted by atomic mass is 79.9. The Balaban J connectivity index is 1.94. The smallest absolute Gasteiger partial charge is 0.251 e. The molecule has 1 aromatic rings. The predicted molar refractivity (Wildman–Crippen MR) is 51.0 cm³/mol. The zero-order valence-electron chi connectivity index (χ0n) is 7.34. The average molecular weight is 266 g/mol. The van der Waals surface area contributed by atoms with Crippen LogP contribution in [0.3, 0.4) is 0 Å². The number of furan rings is 1. The van der Waals surface area contributed by atoms with Crippen LogP contribution in [-0.2, 0) is 0 Å². The fraction of sp³-hybridized carbons (Fsp3) is 0.556. The molecule has 1 saturated carbocycles. The molecule has 1 fully saturated rings. The SMILES string of the molecule is NC(CC1CC1(F)F)c1ccc(Br)o1. The van der Waals surface area contributed by atoms with Crippen molar-refractivity contribution >= 4 is 15.9 Å². The highest BCUT2D eigenvalue weighted by molar-refractivity contribution is 9.10. The van der Waals surface area contributed by atoms with Crippen molar-refractivity contribution in [1.82, 2.24) is 0 Å². The third kappa shape index (κ3) is 1.98. The van der Waals surface area contributed by atoms with Crippen LogP contribution in [0.15, 0.2) is 21.2 Å². The number of alkyl halides is 2. The van der Waals surface area contributed by atoms with Gasteiger partial charge in [0, 0.05) is 12.3 Å². The third-order valence-electron chi connectivity index (χ3n) is 2.45. The highest BCUT2D eigenvalue weighted by Gasteiger charge is 2.56. The molecule has 0 aromatic carbocycles. The Morgan fingerprint density at radius 3 is 2.71 bits per heavy atom. The zero-order chi connectivity index (χ0) is 10.3. The lowest BCUT2D eigenvalue weighted by atomic mass is 10.1. The van der Waals surface area contributed by atoms with E-state index in [1.807, 2.05) is 0 Å². The summed E-state index contributed by atoms with van der Waals surface area (Å²) in [5, 5.41) is 0. The van der Waals surface area contributed by atoms with Gasteiger partial charge in [-0.25, -0.2) is 8.78 Å². The normalized spacial score (nSPS) is 26.1. The van der Waals surface area contributed by atoms with Crippen molar-refractivity contribution in [3.63, 3.8) is 0 Å². The Morgan fingerprint density at radius 2 is 2.29 bits per heavy atom. The molecular formula is C9H10BrF2NO. The van der Waals surface area contributed by atoms with Crippen LogP contribution >= 0.6 is 15.9 Å². The molecule has 0 amide bonds. The van der Waals surface area contributed by atoms with Gasteiger partial charge in [0.25, 0.3) is 5.92 Å².